The lowest BCUT2D eigenvalue weighted by Crippen LogP contribution is -2.68. The normalized spacial score (nSPS) is 21.6. The van der Waals surface area contributed by atoms with Crippen LogP contribution in [0.25, 0.3) is 0 Å². The predicted octanol–water partition coefficient (Wildman–Crippen LogP) is 2.48. The van der Waals surface area contributed by atoms with Gasteiger partial charge in [0.25, 0.3) is 5.91 Å². The molecular weight excluding hydrogens is 466 g/mol. The molecule has 0 radical (unpaired) electrons. The summed E-state index contributed by atoms with van der Waals surface area (Å²) in [6.07, 6.45) is 2.15. The van der Waals surface area contributed by atoms with Crippen molar-refractivity contribution < 1.29 is 18.0 Å². The fourth-order valence-corrected chi connectivity index (χ4v) is 7.16. The summed E-state index contributed by atoms with van der Waals surface area (Å²) in [4.78, 5) is 27.1. The largest absolute Gasteiger partial charge is 0.350 e. The van der Waals surface area contributed by atoms with Crippen molar-refractivity contribution in [2.75, 3.05) is 13.1 Å². The van der Waals surface area contributed by atoms with E-state index in [1.165, 1.54) is 11.3 Å². The van der Waals surface area contributed by atoms with E-state index in [1.807, 2.05) is 5.38 Å². The SMILES string of the molecule is CC(C)(C)NS(=O)(=O)C1(C(=O)N2CCC2CNC(=O)c2cscc2Br)CCC1. The van der Waals surface area contributed by atoms with E-state index in [0.717, 1.165) is 17.3 Å². The maximum absolute atomic E-state index is 13.2. The van der Waals surface area contributed by atoms with Crippen molar-refractivity contribution in [2.24, 2.45) is 0 Å². The van der Waals surface area contributed by atoms with Crippen LogP contribution in [-0.2, 0) is 14.8 Å². The zero-order valence-corrected chi connectivity index (χ0v) is 19.5. The smallest absolute Gasteiger partial charge is 0.253 e. The number of sulfonamides is 1. The molecule has 10 heteroatoms. The van der Waals surface area contributed by atoms with Crippen LogP contribution in [0.4, 0.5) is 0 Å². The van der Waals surface area contributed by atoms with Gasteiger partial charge in [-0.3, -0.25) is 9.59 Å². The highest BCUT2D eigenvalue weighted by Crippen LogP contribution is 2.42. The van der Waals surface area contributed by atoms with Gasteiger partial charge in [-0.1, -0.05) is 0 Å². The zero-order valence-electron chi connectivity index (χ0n) is 16.2. The van der Waals surface area contributed by atoms with E-state index >= 15 is 0 Å². The maximum Gasteiger partial charge on any atom is 0.253 e. The minimum absolute atomic E-state index is 0.170. The Morgan fingerprint density at radius 2 is 2.00 bits per heavy atom. The Kier molecular flexibility index (Phi) is 5.97. The molecule has 2 fully saturated rings. The van der Waals surface area contributed by atoms with E-state index < -0.39 is 20.3 Å². The van der Waals surface area contributed by atoms with Crippen molar-refractivity contribution in [1.29, 1.82) is 0 Å². The molecule has 2 heterocycles. The highest BCUT2D eigenvalue weighted by Gasteiger charge is 2.59. The second kappa shape index (κ2) is 7.70. The Morgan fingerprint density at radius 1 is 1.32 bits per heavy atom. The average Bonchev–Trinajstić information content (AvgIpc) is 2.87. The number of thiophene rings is 1. The molecule has 0 aromatic carbocycles. The summed E-state index contributed by atoms with van der Waals surface area (Å²) in [7, 11) is -3.79. The molecule has 2 N–H and O–H groups in total. The molecule has 1 saturated heterocycles. The predicted molar refractivity (Wildman–Crippen MR) is 113 cm³/mol. The second-order valence-electron chi connectivity index (χ2n) is 8.49. The van der Waals surface area contributed by atoms with E-state index in [9.17, 15) is 18.0 Å². The molecule has 1 aromatic heterocycles. The topological polar surface area (TPSA) is 95.6 Å². The van der Waals surface area contributed by atoms with Gasteiger partial charge in [0.05, 0.1) is 11.6 Å². The lowest BCUT2D eigenvalue weighted by atomic mass is 9.81. The molecule has 0 bridgehead atoms. The monoisotopic (exact) mass is 491 g/mol. The Balaban J connectivity index is 1.66. The van der Waals surface area contributed by atoms with Crippen molar-refractivity contribution in [1.82, 2.24) is 14.9 Å². The fraction of sp³-hybridized carbons (Fsp3) is 0.667. The van der Waals surface area contributed by atoms with Gasteiger partial charge in [0, 0.05) is 33.9 Å². The molecule has 1 saturated carbocycles. The first kappa shape index (κ1) is 21.7. The molecule has 2 amide bonds. The zero-order chi connectivity index (χ0) is 20.7. The summed E-state index contributed by atoms with van der Waals surface area (Å²) in [5, 5.41) is 6.45. The van der Waals surface area contributed by atoms with Crippen LogP contribution in [0.15, 0.2) is 15.2 Å². The Labute approximate surface area is 178 Å². The molecular formula is C18H26BrN3O4S2. The summed E-state index contributed by atoms with van der Waals surface area (Å²) < 4.78 is 28.0. The number of nitrogens with one attached hydrogen (secondary N) is 2. The molecule has 1 atom stereocenters. The number of carbonyl (C=O) groups excluding carboxylic acids is 2. The lowest BCUT2D eigenvalue weighted by Gasteiger charge is -2.49. The Morgan fingerprint density at radius 3 is 2.43 bits per heavy atom. The van der Waals surface area contributed by atoms with E-state index in [1.54, 1.807) is 31.1 Å². The van der Waals surface area contributed by atoms with Crippen LogP contribution >= 0.6 is 27.3 Å². The van der Waals surface area contributed by atoms with Gasteiger partial charge >= 0.3 is 0 Å². The molecule has 2 aliphatic rings. The minimum Gasteiger partial charge on any atom is -0.350 e. The van der Waals surface area contributed by atoms with Crippen LogP contribution in [0, 0.1) is 0 Å². The molecule has 156 valence electrons. The quantitative estimate of drug-likeness (QED) is 0.638. The molecule has 1 unspecified atom stereocenters. The molecule has 1 aliphatic carbocycles. The van der Waals surface area contributed by atoms with Crippen LogP contribution in [0.2, 0.25) is 0 Å². The molecule has 28 heavy (non-hydrogen) atoms. The Hall–Kier alpha value is -0.970. The van der Waals surface area contributed by atoms with Crippen LogP contribution in [-0.4, -0.2) is 54.5 Å². The van der Waals surface area contributed by atoms with Crippen LogP contribution in [0.1, 0.15) is 56.8 Å². The first-order chi connectivity index (χ1) is 13.0. The van der Waals surface area contributed by atoms with Crippen LogP contribution < -0.4 is 10.0 Å². The summed E-state index contributed by atoms with van der Waals surface area (Å²) in [6, 6.07) is -0.170. The first-order valence-electron chi connectivity index (χ1n) is 9.31. The highest BCUT2D eigenvalue weighted by molar-refractivity contribution is 9.10. The van der Waals surface area contributed by atoms with Crippen molar-refractivity contribution in [3.05, 3.63) is 20.8 Å². The number of nitrogens with zero attached hydrogens (tertiary/aromatic N) is 1. The van der Waals surface area contributed by atoms with Crippen molar-refractivity contribution in [2.45, 2.75) is 62.8 Å². The average molecular weight is 492 g/mol. The van der Waals surface area contributed by atoms with E-state index in [0.29, 0.717) is 31.5 Å². The van der Waals surface area contributed by atoms with E-state index in [2.05, 4.69) is 26.0 Å². The molecule has 7 nitrogen and oxygen atoms in total. The number of carbonyl (C=O) groups is 2. The summed E-state index contributed by atoms with van der Waals surface area (Å²) in [6.45, 7) is 6.15. The second-order valence-corrected chi connectivity index (χ2v) is 12.1. The lowest BCUT2D eigenvalue weighted by molar-refractivity contribution is -0.144. The molecule has 1 aromatic rings. The van der Waals surface area contributed by atoms with Crippen LogP contribution in [0.3, 0.4) is 0 Å². The van der Waals surface area contributed by atoms with Gasteiger partial charge in [-0.25, -0.2) is 13.1 Å². The Bertz CT molecular complexity index is 872. The summed E-state index contributed by atoms with van der Waals surface area (Å²) in [5.74, 6) is -0.537. The van der Waals surface area contributed by atoms with Gasteiger partial charge in [0.15, 0.2) is 4.75 Å². The third-order valence-corrected chi connectivity index (χ3v) is 9.46. The van der Waals surface area contributed by atoms with E-state index in [4.69, 9.17) is 0 Å². The van der Waals surface area contributed by atoms with Gasteiger partial charge in [0.2, 0.25) is 15.9 Å². The van der Waals surface area contributed by atoms with Gasteiger partial charge < -0.3 is 10.2 Å². The number of rotatable bonds is 6. The molecule has 1 aliphatic heterocycles. The first-order valence-corrected chi connectivity index (χ1v) is 12.5. The standard InChI is InChI=1S/C18H26BrN3O4S2/c1-17(2,3)21-28(25,26)18(6-4-7-18)16(24)22-8-5-12(22)9-20-15(23)13-10-27-11-14(13)19/h10-12,21H,4-9H2,1-3H3,(H,20,23). The fourth-order valence-electron chi connectivity index (χ4n) is 3.53. The molecule has 0 spiro atoms. The van der Waals surface area contributed by atoms with Crippen molar-refractivity contribution >= 4 is 49.1 Å². The maximum atomic E-state index is 13.2. The van der Waals surface area contributed by atoms with Gasteiger partial charge in [-0.05, 0) is 62.4 Å². The number of hydrogen-bond donors (Lipinski definition) is 2. The van der Waals surface area contributed by atoms with Crippen molar-refractivity contribution in [3.8, 4) is 0 Å². The minimum atomic E-state index is -3.79. The summed E-state index contributed by atoms with van der Waals surface area (Å²) >= 11 is 4.77. The third kappa shape index (κ3) is 4.01. The van der Waals surface area contributed by atoms with Gasteiger partial charge in [-0.2, -0.15) is 11.3 Å². The molecule has 3 rings (SSSR count). The summed E-state index contributed by atoms with van der Waals surface area (Å²) in [5.41, 5.74) is -0.0765. The van der Waals surface area contributed by atoms with Crippen molar-refractivity contribution in [3.63, 3.8) is 0 Å². The van der Waals surface area contributed by atoms with Gasteiger partial charge in [-0.15, -0.1) is 0 Å². The number of likely N-dealkylation sites (tertiary alicyclic amines) is 1. The van der Waals surface area contributed by atoms with E-state index in [-0.39, 0.29) is 17.9 Å². The number of amides is 2. The van der Waals surface area contributed by atoms with Gasteiger partial charge in [0.1, 0.15) is 0 Å². The third-order valence-electron chi connectivity index (χ3n) is 5.27. The highest BCUT2D eigenvalue weighted by atomic mass is 79.9. The number of halogens is 1. The number of hydrogen-bond acceptors (Lipinski definition) is 5. The van der Waals surface area contributed by atoms with Crippen LogP contribution in [0.5, 0.6) is 0 Å².